The van der Waals surface area contributed by atoms with E-state index in [1.165, 1.54) is 0 Å². The Balaban J connectivity index is 2.20. The van der Waals surface area contributed by atoms with E-state index in [2.05, 4.69) is 21.1 Å². The maximum absolute atomic E-state index is 12.6. The van der Waals surface area contributed by atoms with Gasteiger partial charge in [0.1, 0.15) is 0 Å². The molecule has 1 unspecified atom stereocenters. The van der Waals surface area contributed by atoms with Gasteiger partial charge in [0.05, 0.1) is 11.3 Å². The fourth-order valence-corrected chi connectivity index (χ4v) is 3.01. The molecule has 1 fully saturated rings. The SMILES string of the molecule is CCC1CN(C(=O)c2cccc(C)c2Br)CC/C1=N\O. The smallest absolute Gasteiger partial charge is 0.255 e. The van der Waals surface area contributed by atoms with Gasteiger partial charge in [0, 0.05) is 29.9 Å². The highest BCUT2D eigenvalue weighted by atomic mass is 79.9. The van der Waals surface area contributed by atoms with Gasteiger partial charge in [0.15, 0.2) is 0 Å². The molecule has 1 aliphatic rings. The van der Waals surface area contributed by atoms with Crippen molar-refractivity contribution in [3.05, 3.63) is 33.8 Å². The average Bonchev–Trinajstić information content (AvgIpc) is 2.48. The summed E-state index contributed by atoms with van der Waals surface area (Å²) in [6.45, 7) is 5.25. The van der Waals surface area contributed by atoms with Gasteiger partial charge in [-0.1, -0.05) is 24.2 Å². The zero-order chi connectivity index (χ0) is 14.7. The Morgan fingerprint density at radius 2 is 2.30 bits per heavy atom. The molecule has 1 N–H and O–H groups in total. The van der Waals surface area contributed by atoms with E-state index in [-0.39, 0.29) is 11.8 Å². The zero-order valence-corrected chi connectivity index (χ0v) is 13.4. The Morgan fingerprint density at radius 1 is 1.55 bits per heavy atom. The van der Waals surface area contributed by atoms with Gasteiger partial charge in [0.2, 0.25) is 0 Å². The summed E-state index contributed by atoms with van der Waals surface area (Å²) in [6.07, 6.45) is 1.52. The van der Waals surface area contributed by atoms with Crippen LogP contribution in [0, 0.1) is 12.8 Å². The van der Waals surface area contributed by atoms with Gasteiger partial charge in [0.25, 0.3) is 5.91 Å². The first-order valence-electron chi connectivity index (χ1n) is 6.83. The van der Waals surface area contributed by atoms with Crippen molar-refractivity contribution in [1.29, 1.82) is 0 Å². The Morgan fingerprint density at radius 3 is 2.95 bits per heavy atom. The van der Waals surface area contributed by atoms with E-state index in [9.17, 15) is 4.79 Å². The highest BCUT2D eigenvalue weighted by molar-refractivity contribution is 9.10. The number of nitrogens with zero attached hydrogens (tertiary/aromatic N) is 2. The van der Waals surface area contributed by atoms with Crippen LogP contribution in [0.2, 0.25) is 0 Å². The number of likely N-dealkylation sites (tertiary alicyclic amines) is 1. The standard InChI is InChI=1S/C15H19BrN2O2/c1-3-11-9-18(8-7-13(11)17-20)15(19)12-6-4-5-10(2)14(12)16/h4-6,11,20H,3,7-9H2,1-2H3/b17-13+. The fraction of sp³-hybridized carbons (Fsp3) is 0.467. The zero-order valence-electron chi connectivity index (χ0n) is 11.8. The highest BCUT2D eigenvalue weighted by Crippen LogP contribution is 2.25. The molecule has 0 saturated carbocycles. The molecule has 20 heavy (non-hydrogen) atoms. The molecule has 1 atom stereocenters. The van der Waals surface area contributed by atoms with E-state index in [1.807, 2.05) is 36.9 Å². The van der Waals surface area contributed by atoms with Crippen LogP contribution in [0.3, 0.4) is 0 Å². The minimum Gasteiger partial charge on any atom is -0.411 e. The average molecular weight is 339 g/mol. The number of piperidine rings is 1. The topological polar surface area (TPSA) is 52.9 Å². The number of hydrogen-bond donors (Lipinski definition) is 1. The van der Waals surface area contributed by atoms with Crippen LogP contribution in [-0.4, -0.2) is 34.8 Å². The molecular formula is C15H19BrN2O2. The van der Waals surface area contributed by atoms with Crippen LogP contribution in [0.5, 0.6) is 0 Å². The molecule has 0 aliphatic carbocycles. The monoisotopic (exact) mass is 338 g/mol. The van der Waals surface area contributed by atoms with Crippen molar-refractivity contribution in [2.45, 2.75) is 26.7 Å². The molecular weight excluding hydrogens is 320 g/mol. The first-order valence-corrected chi connectivity index (χ1v) is 7.63. The van der Waals surface area contributed by atoms with Gasteiger partial charge < -0.3 is 10.1 Å². The number of hydrogen-bond acceptors (Lipinski definition) is 3. The number of benzene rings is 1. The van der Waals surface area contributed by atoms with E-state index in [4.69, 9.17) is 5.21 Å². The van der Waals surface area contributed by atoms with Crippen molar-refractivity contribution in [3.63, 3.8) is 0 Å². The maximum Gasteiger partial charge on any atom is 0.255 e. The second-order valence-corrected chi connectivity index (χ2v) is 5.93. The Labute approximate surface area is 127 Å². The third-order valence-electron chi connectivity index (χ3n) is 3.88. The first kappa shape index (κ1) is 15.0. The van der Waals surface area contributed by atoms with Crippen LogP contribution in [-0.2, 0) is 0 Å². The normalized spacial score (nSPS) is 21.2. The molecule has 0 aromatic heterocycles. The second kappa shape index (κ2) is 6.39. The number of oxime groups is 1. The Bertz CT molecular complexity index is 543. The molecule has 1 aromatic carbocycles. The molecule has 4 nitrogen and oxygen atoms in total. The van der Waals surface area contributed by atoms with Gasteiger partial charge in [-0.2, -0.15) is 0 Å². The predicted octanol–water partition coefficient (Wildman–Crippen LogP) is 3.46. The van der Waals surface area contributed by atoms with E-state index >= 15 is 0 Å². The molecule has 1 amide bonds. The van der Waals surface area contributed by atoms with Crippen LogP contribution in [0.25, 0.3) is 0 Å². The quantitative estimate of drug-likeness (QED) is 0.663. The van der Waals surface area contributed by atoms with Gasteiger partial charge in [-0.15, -0.1) is 0 Å². The van der Waals surface area contributed by atoms with Crippen molar-refractivity contribution in [1.82, 2.24) is 4.90 Å². The Kier molecular flexibility index (Phi) is 4.81. The van der Waals surface area contributed by atoms with Crippen molar-refractivity contribution in [2.24, 2.45) is 11.1 Å². The molecule has 0 bridgehead atoms. The number of amides is 1. The van der Waals surface area contributed by atoms with E-state index < -0.39 is 0 Å². The highest BCUT2D eigenvalue weighted by Gasteiger charge is 2.29. The molecule has 2 rings (SSSR count). The molecule has 1 aliphatic heterocycles. The van der Waals surface area contributed by atoms with Gasteiger partial charge in [-0.25, -0.2) is 0 Å². The van der Waals surface area contributed by atoms with Gasteiger partial charge in [-0.3, -0.25) is 4.79 Å². The lowest BCUT2D eigenvalue weighted by Gasteiger charge is -2.33. The molecule has 1 heterocycles. The van der Waals surface area contributed by atoms with E-state index in [0.29, 0.717) is 25.1 Å². The summed E-state index contributed by atoms with van der Waals surface area (Å²) in [5.41, 5.74) is 2.56. The summed E-state index contributed by atoms with van der Waals surface area (Å²) >= 11 is 3.49. The van der Waals surface area contributed by atoms with Crippen LogP contribution in [0.15, 0.2) is 27.8 Å². The van der Waals surface area contributed by atoms with Crippen molar-refractivity contribution < 1.29 is 10.0 Å². The number of rotatable bonds is 2. The summed E-state index contributed by atoms with van der Waals surface area (Å²) in [7, 11) is 0. The van der Waals surface area contributed by atoms with Gasteiger partial charge >= 0.3 is 0 Å². The molecule has 1 aromatic rings. The predicted molar refractivity (Wildman–Crippen MR) is 82.4 cm³/mol. The lowest BCUT2D eigenvalue weighted by atomic mass is 9.93. The van der Waals surface area contributed by atoms with Crippen LogP contribution >= 0.6 is 15.9 Å². The minimum atomic E-state index is 0.0380. The third-order valence-corrected chi connectivity index (χ3v) is 4.93. The van der Waals surface area contributed by atoms with E-state index in [0.717, 1.165) is 22.2 Å². The van der Waals surface area contributed by atoms with Crippen molar-refractivity contribution >= 4 is 27.5 Å². The molecule has 5 heteroatoms. The number of halogens is 1. The number of aryl methyl sites for hydroxylation is 1. The summed E-state index contributed by atoms with van der Waals surface area (Å²) < 4.78 is 0.861. The first-order chi connectivity index (χ1) is 9.58. The second-order valence-electron chi connectivity index (χ2n) is 5.13. The molecule has 0 radical (unpaired) electrons. The number of carbonyl (C=O) groups excluding carboxylic acids is 1. The third kappa shape index (κ3) is 2.87. The van der Waals surface area contributed by atoms with E-state index in [1.54, 1.807) is 0 Å². The van der Waals surface area contributed by atoms with Crippen LogP contribution in [0.4, 0.5) is 0 Å². The van der Waals surface area contributed by atoms with Crippen LogP contribution in [0.1, 0.15) is 35.7 Å². The fourth-order valence-electron chi connectivity index (χ4n) is 2.58. The minimum absolute atomic E-state index is 0.0380. The lowest BCUT2D eigenvalue weighted by Crippen LogP contribution is -2.44. The maximum atomic E-state index is 12.6. The Hall–Kier alpha value is -1.36. The van der Waals surface area contributed by atoms with Crippen molar-refractivity contribution in [3.8, 4) is 0 Å². The largest absolute Gasteiger partial charge is 0.411 e. The molecule has 108 valence electrons. The van der Waals surface area contributed by atoms with Crippen LogP contribution < -0.4 is 0 Å². The lowest BCUT2D eigenvalue weighted by molar-refractivity contribution is 0.0728. The summed E-state index contributed by atoms with van der Waals surface area (Å²) in [6, 6.07) is 5.72. The number of carbonyl (C=O) groups is 1. The summed E-state index contributed by atoms with van der Waals surface area (Å²) in [5, 5.41) is 12.4. The van der Waals surface area contributed by atoms with Crippen molar-refractivity contribution in [2.75, 3.05) is 13.1 Å². The summed E-state index contributed by atoms with van der Waals surface area (Å²) in [4.78, 5) is 14.5. The van der Waals surface area contributed by atoms with Gasteiger partial charge in [-0.05, 0) is 40.9 Å². The summed E-state index contributed by atoms with van der Waals surface area (Å²) in [5.74, 6) is 0.192. The molecule has 1 saturated heterocycles. The molecule has 0 spiro atoms.